The smallest absolute Gasteiger partial charge is 0.345 e. The second-order valence-electron chi connectivity index (χ2n) is 7.69. The fourth-order valence-corrected chi connectivity index (χ4v) is 4.81. The molecule has 1 aliphatic rings. The Kier molecular flexibility index (Phi) is 6.44. The zero-order valence-electron chi connectivity index (χ0n) is 18.6. The first-order valence-corrected chi connectivity index (χ1v) is 12.7. The molecule has 3 heterocycles. The molecule has 0 bridgehead atoms. The van der Waals surface area contributed by atoms with Gasteiger partial charge in [-0.1, -0.05) is 13.0 Å². The Morgan fingerprint density at radius 2 is 2.12 bits per heavy atom. The van der Waals surface area contributed by atoms with E-state index in [0.717, 1.165) is 11.1 Å². The number of aromatic hydroxyl groups is 1. The highest BCUT2D eigenvalue weighted by atomic mass is 32.2. The molecule has 1 aromatic carbocycles. The number of carbonyl (C=O) groups excluding carboxylic acids is 1. The first kappa shape index (κ1) is 23.5. The molecule has 0 saturated heterocycles. The average molecular weight is 502 g/mol. The summed E-state index contributed by atoms with van der Waals surface area (Å²) in [4.78, 5) is 18.2. The van der Waals surface area contributed by atoms with E-state index in [0.29, 0.717) is 12.2 Å². The van der Waals surface area contributed by atoms with Gasteiger partial charge in [0.1, 0.15) is 11.8 Å². The van der Waals surface area contributed by atoms with Crippen LogP contribution in [0.4, 0.5) is 5.69 Å². The van der Waals surface area contributed by atoms with E-state index in [-0.39, 0.29) is 28.7 Å². The molecule has 0 spiro atoms. The van der Waals surface area contributed by atoms with E-state index in [9.17, 15) is 18.3 Å². The molecule has 1 unspecified atom stereocenters. The van der Waals surface area contributed by atoms with Crippen LogP contribution in [0.1, 0.15) is 35.5 Å². The molecule has 1 atom stereocenters. The van der Waals surface area contributed by atoms with E-state index in [4.69, 9.17) is 4.42 Å². The van der Waals surface area contributed by atoms with Gasteiger partial charge in [0.2, 0.25) is 0 Å². The van der Waals surface area contributed by atoms with Gasteiger partial charge in [0.05, 0.1) is 17.5 Å². The van der Waals surface area contributed by atoms with E-state index in [1.807, 2.05) is 29.8 Å². The molecule has 0 radical (unpaired) electrons. The fourth-order valence-electron chi connectivity index (χ4n) is 3.33. The summed E-state index contributed by atoms with van der Waals surface area (Å²) in [6.45, 7) is 1.90. The Labute approximate surface area is 200 Å². The predicted octanol–water partition coefficient (Wildman–Crippen LogP) is 3.62. The molecule has 12 heteroatoms. The van der Waals surface area contributed by atoms with Crippen LogP contribution in [0.15, 0.2) is 61.2 Å². The van der Waals surface area contributed by atoms with E-state index in [2.05, 4.69) is 19.4 Å². The maximum atomic E-state index is 12.3. The molecule has 4 rings (SSSR count). The van der Waals surface area contributed by atoms with Crippen LogP contribution < -0.4 is 10.0 Å². The number of furan rings is 1. The summed E-state index contributed by atoms with van der Waals surface area (Å²) >= 11 is 1.58. The lowest BCUT2D eigenvalue weighted by molar-refractivity contribution is 0.0824. The molecule has 0 aliphatic carbocycles. The number of para-hydroxylation sites is 1. The van der Waals surface area contributed by atoms with Gasteiger partial charge in [0.15, 0.2) is 17.4 Å². The maximum absolute atomic E-state index is 12.3. The molecule has 1 amide bonds. The van der Waals surface area contributed by atoms with Crippen LogP contribution in [0.3, 0.4) is 0 Å². The Morgan fingerprint density at radius 1 is 1.32 bits per heavy atom. The van der Waals surface area contributed by atoms with Crippen molar-refractivity contribution in [2.24, 2.45) is 9.39 Å². The zero-order chi connectivity index (χ0) is 24.5. The Morgan fingerprint density at radius 3 is 2.79 bits per heavy atom. The number of carbonyl (C=O) groups is 1. The number of nitrogens with one attached hydrogen (secondary N) is 2. The van der Waals surface area contributed by atoms with Crippen molar-refractivity contribution < 1.29 is 22.7 Å². The summed E-state index contributed by atoms with van der Waals surface area (Å²) in [7, 11) is -0.899. The minimum atomic E-state index is -4.03. The van der Waals surface area contributed by atoms with Gasteiger partial charge in [-0.05, 0) is 47.0 Å². The first-order chi connectivity index (χ1) is 16.2. The standard InChI is InChI=1S/C22H23N5O5S2/c1-4-16(18-10-14(11-32-18)13-8-9-33-12-13)23-20-21(26-34(30,31)25-20)24-17-7-5-6-15(19(17)28)22(29)27(2)3/h5-12,16,28H,4H2,1-3H3,(H,23,25)(H,24,26). The molecule has 3 N–H and O–H groups in total. The number of amidine groups is 2. The molecule has 2 aromatic heterocycles. The maximum Gasteiger partial charge on any atom is 0.345 e. The van der Waals surface area contributed by atoms with Gasteiger partial charge in [-0.2, -0.15) is 19.8 Å². The second kappa shape index (κ2) is 9.31. The van der Waals surface area contributed by atoms with Gasteiger partial charge in [-0.15, -0.1) is 4.40 Å². The fraction of sp³-hybridized carbons (Fsp3) is 0.227. The van der Waals surface area contributed by atoms with Crippen LogP contribution in [-0.2, 0) is 10.2 Å². The number of phenols is 1. The lowest BCUT2D eigenvalue weighted by atomic mass is 10.1. The number of benzene rings is 1. The summed E-state index contributed by atoms with van der Waals surface area (Å²) in [5.74, 6) is -0.287. The monoisotopic (exact) mass is 501 g/mol. The number of aliphatic imine (C=N–C) groups is 1. The van der Waals surface area contributed by atoms with E-state index >= 15 is 0 Å². The minimum Gasteiger partial charge on any atom is -0.505 e. The van der Waals surface area contributed by atoms with Crippen molar-refractivity contribution in [3.8, 4) is 16.9 Å². The lowest BCUT2D eigenvalue weighted by Crippen LogP contribution is -2.31. The van der Waals surface area contributed by atoms with Crippen LogP contribution >= 0.6 is 11.3 Å². The number of rotatable bonds is 6. The summed E-state index contributed by atoms with van der Waals surface area (Å²) in [5, 5.41) is 17.4. The number of amides is 1. The molecule has 3 aromatic rings. The van der Waals surface area contributed by atoms with Crippen LogP contribution in [0.25, 0.3) is 11.1 Å². The summed E-state index contributed by atoms with van der Waals surface area (Å²) < 4.78 is 36.1. The van der Waals surface area contributed by atoms with E-state index in [1.54, 1.807) is 37.8 Å². The lowest BCUT2D eigenvalue weighted by Gasteiger charge is -2.15. The average Bonchev–Trinajstić information content (AvgIpc) is 3.53. The van der Waals surface area contributed by atoms with Crippen LogP contribution in [0.2, 0.25) is 0 Å². The van der Waals surface area contributed by atoms with Crippen molar-refractivity contribution in [1.82, 2.24) is 9.62 Å². The number of nitrogens with zero attached hydrogens (tertiary/aromatic N) is 3. The SMILES string of the molecule is CCC(N=C1NS(=O)(=O)N=C1Nc1cccc(C(=O)N(C)C)c1O)c1cc(-c2ccsc2)co1. The van der Waals surface area contributed by atoms with Gasteiger partial charge in [0, 0.05) is 19.7 Å². The molecular weight excluding hydrogens is 478 g/mol. The van der Waals surface area contributed by atoms with Crippen molar-refractivity contribution in [3.63, 3.8) is 0 Å². The number of thiophene rings is 1. The number of phenolic OH excluding ortho intramolecular Hbond substituents is 1. The van der Waals surface area contributed by atoms with Gasteiger partial charge < -0.3 is 19.7 Å². The highest BCUT2D eigenvalue weighted by Crippen LogP contribution is 2.31. The predicted molar refractivity (Wildman–Crippen MR) is 132 cm³/mol. The van der Waals surface area contributed by atoms with E-state index < -0.39 is 22.2 Å². The zero-order valence-corrected chi connectivity index (χ0v) is 20.3. The molecule has 178 valence electrons. The van der Waals surface area contributed by atoms with Crippen LogP contribution in [0.5, 0.6) is 5.75 Å². The third-order valence-electron chi connectivity index (χ3n) is 5.06. The first-order valence-electron chi connectivity index (χ1n) is 10.3. The van der Waals surface area contributed by atoms with Crippen molar-refractivity contribution in [1.29, 1.82) is 0 Å². The van der Waals surface area contributed by atoms with Crippen LogP contribution in [0, 0.1) is 0 Å². The van der Waals surface area contributed by atoms with E-state index in [1.165, 1.54) is 17.0 Å². The molecular formula is C22H23N5O5S2. The number of hydrogen-bond acceptors (Lipinski definition) is 8. The Hall–Kier alpha value is -3.64. The molecule has 10 nitrogen and oxygen atoms in total. The number of hydrogen-bond donors (Lipinski definition) is 3. The molecule has 0 saturated carbocycles. The third-order valence-corrected chi connectivity index (χ3v) is 6.62. The third kappa shape index (κ3) is 4.82. The van der Waals surface area contributed by atoms with Gasteiger partial charge in [0.25, 0.3) is 5.91 Å². The Balaban J connectivity index is 1.64. The van der Waals surface area contributed by atoms with Crippen molar-refractivity contribution in [2.45, 2.75) is 19.4 Å². The van der Waals surface area contributed by atoms with Gasteiger partial charge in [-0.25, -0.2) is 4.72 Å². The molecule has 0 fully saturated rings. The van der Waals surface area contributed by atoms with Gasteiger partial charge in [-0.3, -0.25) is 9.79 Å². The normalized spacial score (nSPS) is 16.7. The summed E-state index contributed by atoms with van der Waals surface area (Å²) in [6, 6.07) is 7.91. The molecule has 1 aliphatic heterocycles. The topological polar surface area (TPSA) is 137 Å². The molecule has 34 heavy (non-hydrogen) atoms. The second-order valence-corrected chi connectivity index (χ2v) is 9.81. The quantitative estimate of drug-likeness (QED) is 0.441. The van der Waals surface area contributed by atoms with Crippen molar-refractivity contribution in [3.05, 3.63) is 58.7 Å². The minimum absolute atomic E-state index is 0.0240. The summed E-state index contributed by atoms with van der Waals surface area (Å²) in [5.41, 5.74) is 2.10. The highest BCUT2D eigenvalue weighted by Gasteiger charge is 2.29. The van der Waals surface area contributed by atoms with Crippen molar-refractivity contribution in [2.75, 3.05) is 19.4 Å². The number of anilines is 1. The van der Waals surface area contributed by atoms with Crippen LogP contribution in [-0.4, -0.2) is 50.1 Å². The highest BCUT2D eigenvalue weighted by molar-refractivity contribution is 7.89. The van der Waals surface area contributed by atoms with Crippen molar-refractivity contribution >= 4 is 44.8 Å². The summed E-state index contributed by atoms with van der Waals surface area (Å²) in [6.07, 6.45) is 2.17. The largest absolute Gasteiger partial charge is 0.505 e. The van der Waals surface area contributed by atoms with Gasteiger partial charge >= 0.3 is 10.2 Å². The Bertz CT molecular complexity index is 1370.